The molecule has 0 radical (unpaired) electrons. The Morgan fingerprint density at radius 2 is 1.74 bits per heavy atom. The largest absolute Gasteiger partial charge is 0.443 e. The molecule has 0 bridgehead atoms. The van der Waals surface area contributed by atoms with Gasteiger partial charge in [0.05, 0.1) is 26.6 Å². The summed E-state index contributed by atoms with van der Waals surface area (Å²) in [6.07, 6.45) is -0.275. The van der Waals surface area contributed by atoms with Crippen LogP contribution in [-0.2, 0) is 15.9 Å². The number of rotatable bonds is 2. The van der Waals surface area contributed by atoms with Crippen molar-refractivity contribution in [2.45, 2.75) is 59.2 Å². The average molecular weight is 580 g/mol. The van der Waals surface area contributed by atoms with E-state index in [0.29, 0.717) is 38.4 Å². The third kappa shape index (κ3) is 5.46. The van der Waals surface area contributed by atoms with Gasteiger partial charge in [0.15, 0.2) is 0 Å². The number of nitrogens with zero attached hydrogens (tertiary/aromatic N) is 4. The lowest BCUT2D eigenvalue weighted by atomic mass is 10.1. The second kappa shape index (κ2) is 9.21. The molecule has 0 saturated heterocycles. The summed E-state index contributed by atoms with van der Waals surface area (Å²) in [6, 6.07) is 2.01. The van der Waals surface area contributed by atoms with E-state index in [-0.39, 0.29) is 23.1 Å². The summed E-state index contributed by atoms with van der Waals surface area (Å²) in [6.45, 7) is 10.4. The summed E-state index contributed by atoms with van der Waals surface area (Å²) < 4.78 is 11.3. The van der Waals surface area contributed by atoms with Crippen LogP contribution in [0.15, 0.2) is 6.20 Å². The van der Waals surface area contributed by atoms with Crippen LogP contribution in [-0.4, -0.2) is 50.8 Å². The van der Waals surface area contributed by atoms with Crippen LogP contribution in [0.4, 0.5) is 15.5 Å². The van der Waals surface area contributed by atoms with Gasteiger partial charge in [-0.15, -0.1) is 4.90 Å². The molecule has 3 amide bonds. The number of nitrogens with one attached hydrogen (secondary N) is 2. The molecule has 2 N–H and O–H groups in total. The first-order valence-electron chi connectivity index (χ1n) is 10.4. The highest BCUT2D eigenvalue weighted by molar-refractivity contribution is 14.1. The summed E-state index contributed by atoms with van der Waals surface area (Å²) >= 11 is 2.00. The number of carbonyl (C=O) groups is 3. The maximum Gasteiger partial charge on any atom is 0.427 e. The standard InChI is InChI=1S/C22H25IN6O5/c1-21(2,3)33-19(31)29(20(32)34-22(4,5)6)18-26-10-11(9-24)15(28-18)16-14(23)13-12(27-16)7-8-25-17(13)30/h10,27H,7-8H2,1-6H3,(H,25,30). The molecule has 0 unspecified atom stereocenters. The molecule has 0 fully saturated rings. The molecule has 3 rings (SSSR count). The molecule has 1 aliphatic rings. The molecule has 12 heteroatoms. The van der Waals surface area contributed by atoms with Crippen LogP contribution < -0.4 is 10.2 Å². The van der Waals surface area contributed by atoms with Crippen molar-refractivity contribution in [3.05, 3.63) is 26.6 Å². The highest BCUT2D eigenvalue weighted by Crippen LogP contribution is 2.33. The van der Waals surface area contributed by atoms with Gasteiger partial charge in [-0.2, -0.15) is 5.26 Å². The fraction of sp³-hybridized carbons (Fsp3) is 0.455. The van der Waals surface area contributed by atoms with Crippen LogP contribution in [0.2, 0.25) is 0 Å². The van der Waals surface area contributed by atoms with Gasteiger partial charge in [-0.3, -0.25) is 4.79 Å². The molecule has 2 aromatic heterocycles. The normalized spacial score (nSPS) is 13.4. The maximum atomic E-state index is 13.0. The van der Waals surface area contributed by atoms with Crippen LogP contribution in [0.25, 0.3) is 11.4 Å². The van der Waals surface area contributed by atoms with Crippen molar-refractivity contribution >= 4 is 46.6 Å². The van der Waals surface area contributed by atoms with Gasteiger partial charge in [0, 0.05) is 18.7 Å². The predicted octanol–water partition coefficient (Wildman–Crippen LogP) is 3.91. The molecule has 3 heterocycles. The molecule has 180 valence electrons. The fourth-order valence-corrected chi connectivity index (χ4v) is 4.07. The Hall–Kier alpha value is -3.21. The molecule has 1 aliphatic heterocycles. The number of nitriles is 1. The molecule has 0 aliphatic carbocycles. The van der Waals surface area contributed by atoms with Crippen LogP contribution in [0, 0.1) is 14.9 Å². The van der Waals surface area contributed by atoms with Crippen molar-refractivity contribution in [1.82, 2.24) is 20.3 Å². The Balaban J connectivity index is 2.15. The van der Waals surface area contributed by atoms with Gasteiger partial charge in [0.1, 0.15) is 23.0 Å². The number of carbonyl (C=O) groups excluding carboxylic acids is 3. The van der Waals surface area contributed by atoms with Crippen LogP contribution in [0.3, 0.4) is 0 Å². The molecule has 0 aromatic carbocycles. The average Bonchev–Trinajstić information content (AvgIpc) is 3.03. The minimum atomic E-state index is -1.03. The lowest BCUT2D eigenvalue weighted by Gasteiger charge is -2.27. The molecule has 34 heavy (non-hydrogen) atoms. The Morgan fingerprint density at radius 3 is 2.24 bits per heavy atom. The van der Waals surface area contributed by atoms with Gasteiger partial charge >= 0.3 is 12.2 Å². The molecule has 0 spiro atoms. The van der Waals surface area contributed by atoms with Crippen LogP contribution >= 0.6 is 22.6 Å². The number of anilines is 1. The number of imide groups is 1. The van der Waals surface area contributed by atoms with E-state index in [1.807, 2.05) is 28.7 Å². The zero-order valence-electron chi connectivity index (χ0n) is 19.7. The maximum absolute atomic E-state index is 13.0. The highest BCUT2D eigenvalue weighted by Gasteiger charge is 2.36. The van der Waals surface area contributed by atoms with E-state index in [2.05, 4.69) is 20.3 Å². The summed E-state index contributed by atoms with van der Waals surface area (Å²) in [5, 5.41) is 12.4. The molecule has 0 saturated carbocycles. The number of hydrogen-bond donors (Lipinski definition) is 2. The summed E-state index contributed by atoms with van der Waals surface area (Å²) in [7, 11) is 0. The molecular weight excluding hydrogens is 555 g/mol. The molecule has 11 nitrogen and oxygen atoms in total. The topological polar surface area (TPSA) is 150 Å². The number of hydrogen-bond acceptors (Lipinski definition) is 8. The summed E-state index contributed by atoms with van der Waals surface area (Å²) in [5.41, 5.74) is 0.00830. The van der Waals surface area contributed by atoms with Crippen molar-refractivity contribution < 1.29 is 23.9 Å². The van der Waals surface area contributed by atoms with E-state index in [1.165, 1.54) is 6.20 Å². The van der Waals surface area contributed by atoms with E-state index < -0.39 is 23.4 Å². The minimum absolute atomic E-state index is 0.0917. The molecule has 0 atom stereocenters. The molecular formula is C22H25IN6O5. The number of fused-ring (bicyclic) bond motifs is 1. The zero-order chi connectivity index (χ0) is 25.4. The Morgan fingerprint density at radius 1 is 1.15 bits per heavy atom. The number of aromatic nitrogens is 3. The number of halogens is 1. The second-order valence-corrected chi connectivity index (χ2v) is 10.6. The van der Waals surface area contributed by atoms with Crippen molar-refractivity contribution in [3.8, 4) is 17.5 Å². The summed E-state index contributed by atoms with van der Waals surface area (Å²) in [5.74, 6) is -0.560. The first kappa shape index (κ1) is 25.4. The number of H-pyrrole nitrogens is 1. The Labute approximate surface area is 210 Å². The smallest absolute Gasteiger partial charge is 0.427 e. The first-order valence-corrected chi connectivity index (χ1v) is 11.5. The van der Waals surface area contributed by atoms with Gasteiger partial charge in [-0.1, -0.05) is 0 Å². The van der Waals surface area contributed by atoms with Crippen molar-refractivity contribution in [2.24, 2.45) is 0 Å². The Kier molecular flexibility index (Phi) is 6.88. The number of amides is 3. The van der Waals surface area contributed by atoms with Crippen molar-refractivity contribution in [2.75, 3.05) is 11.4 Å². The first-order chi connectivity index (χ1) is 15.7. The van der Waals surface area contributed by atoms with E-state index in [9.17, 15) is 19.6 Å². The van der Waals surface area contributed by atoms with Gasteiger partial charge < -0.3 is 19.8 Å². The number of aromatic amines is 1. The number of ether oxygens (including phenoxy) is 2. The predicted molar refractivity (Wildman–Crippen MR) is 130 cm³/mol. The lowest BCUT2D eigenvalue weighted by molar-refractivity contribution is 0.0427. The highest BCUT2D eigenvalue weighted by atomic mass is 127. The van der Waals surface area contributed by atoms with Crippen LogP contribution in [0.1, 0.15) is 63.2 Å². The van der Waals surface area contributed by atoms with Crippen molar-refractivity contribution in [3.63, 3.8) is 0 Å². The second-order valence-electron chi connectivity index (χ2n) is 9.51. The van der Waals surface area contributed by atoms with Gasteiger partial charge in [-0.05, 0) is 64.1 Å². The van der Waals surface area contributed by atoms with Gasteiger partial charge in [0.25, 0.3) is 5.91 Å². The lowest BCUT2D eigenvalue weighted by Crippen LogP contribution is -2.44. The fourth-order valence-electron chi connectivity index (χ4n) is 3.11. The van der Waals surface area contributed by atoms with Crippen molar-refractivity contribution in [1.29, 1.82) is 5.26 Å². The third-order valence-corrected chi connectivity index (χ3v) is 5.47. The van der Waals surface area contributed by atoms with Gasteiger partial charge in [0.2, 0.25) is 5.95 Å². The van der Waals surface area contributed by atoms with E-state index >= 15 is 0 Å². The van der Waals surface area contributed by atoms with E-state index in [4.69, 9.17) is 9.47 Å². The zero-order valence-corrected chi connectivity index (χ0v) is 21.9. The van der Waals surface area contributed by atoms with Gasteiger partial charge in [-0.25, -0.2) is 19.6 Å². The quantitative estimate of drug-likeness (QED) is 0.508. The van der Waals surface area contributed by atoms with E-state index in [1.54, 1.807) is 41.5 Å². The van der Waals surface area contributed by atoms with Crippen LogP contribution in [0.5, 0.6) is 0 Å². The molecule has 2 aromatic rings. The minimum Gasteiger partial charge on any atom is -0.443 e. The Bertz CT molecular complexity index is 1170. The third-order valence-electron chi connectivity index (χ3n) is 4.39. The monoisotopic (exact) mass is 580 g/mol. The van der Waals surface area contributed by atoms with E-state index in [0.717, 1.165) is 0 Å². The summed E-state index contributed by atoms with van der Waals surface area (Å²) in [4.78, 5) is 50.4. The SMILES string of the molecule is CC(C)(C)OC(=O)N(C(=O)OC(C)(C)C)c1ncc(C#N)c(-c2[nH]c3c(c2I)C(=O)NCC3)n1.